The van der Waals surface area contributed by atoms with Crippen molar-refractivity contribution in [1.82, 2.24) is 20.2 Å². The lowest BCUT2D eigenvalue weighted by molar-refractivity contribution is -0.120. The third-order valence-electron chi connectivity index (χ3n) is 3.25. The van der Waals surface area contributed by atoms with Crippen molar-refractivity contribution in [2.45, 2.75) is 32.4 Å². The van der Waals surface area contributed by atoms with E-state index in [9.17, 15) is 14.4 Å². The molecule has 0 bridgehead atoms. The van der Waals surface area contributed by atoms with Crippen LogP contribution >= 0.6 is 0 Å². The van der Waals surface area contributed by atoms with Gasteiger partial charge in [0.2, 0.25) is 0 Å². The van der Waals surface area contributed by atoms with Crippen molar-refractivity contribution < 1.29 is 19.1 Å². The van der Waals surface area contributed by atoms with E-state index >= 15 is 0 Å². The van der Waals surface area contributed by atoms with E-state index in [1.54, 1.807) is 45.2 Å². The standard InChI is InChI=1S/C15H16N4O4/c1-15(2,3)23-14(22)19-9-5-4-6-16-8(9)7-10(19)11-12(20)18-13(21)17-11/h4-7,11H,1-3H3,(H2,17,18,20,21)/t11-/m0/s1. The van der Waals surface area contributed by atoms with Crippen LogP contribution in [0.3, 0.4) is 0 Å². The van der Waals surface area contributed by atoms with E-state index in [2.05, 4.69) is 15.6 Å². The molecule has 1 aliphatic heterocycles. The van der Waals surface area contributed by atoms with Crippen LogP contribution in [0.15, 0.2) is 24.4 Å². The monoisotopic (exact) mass is 316 g/mol. The molecular weight excluding hydrogens is 300 g/mol. The summed E-state index contributed by atoms with van der Waals surface area (Å²) in [5.74, 6) is -0.525. The summed E-state index contributed by atoms with van der Waals surface area (Å²) in [7, 11) is 0. The predicted octanol–water partition coefficient (Wildman–Crippen LogP) is 1.70. The van der Waals surface area contributed by atoms with E-state index in [-0.39, 0.29) is 0 Å². The third-order valence-corrected chi connectivity index (χ3v) is 3.25. The highest BCUT2D eigenvalue weighted by molar-refractivity contribution is 6.05. The number of urea groups is 1. The smallest absolute Gasteiger partial charge is 0.419 e. The number of ether oxygens (including phenoxy) is 1. The minimum Gasteiger partial charge on any atom is -0.443 e. The van der Waals surface area contributed by atoms with Crippen molar-refractivity contribution >= 4 is 29.1 Å². The molecule has 1 aliphatic rings. The van der Waals surface area contributed by atoms with Gasteiger partial charge in [0.25, 0.3) is 5.91 Å². The van der Waals surface area contributed by atoms with Gasteiger partial charge in [-0.15, -0.1) is 0 Å². The molecule has 0 aromatic carbocycles. The van der Waals surface area contributed by atoms with Crippen LogP contribution in [0.2, 0.25) is 0 Å². The minimum absolute atomic E-state index is 0.302. The molecule has 0 aliphatic carbocycles. The Morgan fingerprint density at radius 3 is 2.70 bits per heavy atom. The Morgan fingerprint density at radius 1 is 1.35 bits per heavy atom. The lowest BCUT2D eigenvalue weighted by Crippen LogP contribution is -2.30. The Balaban J connectivity index is 2.14. The number of fused-ring (bicyclic) bond motifs is 1. The second-order valence-corrected chi connectivity index (χ2v) is 6.19. The number of hydrogen-bond donors (Lipinski definition) is 2. The summed E-state index contributed by atoms with van der Waals surface area (Å²) in [6.45, 7) is 5.25. The molecule has 2 N–H and O–H groups in total. The summed E-state index contributed by atoms with van der Waals surface area (Å²) in [5.41, 5.74) is 0.637. The average Bonchev–Trinajstić information content (AvgIpc) is 2.96. The van der Waals surface area contributed by atoms with E-state index in [4.69, 9.17) is 4.74 Å². The van der Waals surface area contributed by atoms with E-state index in [0.717, 1.165) is 0 Å². The Bertz CT molecular complexity index is 818. The van der Waals surface area contributed by atoms with Crippen LogP contribution in [0.4, 0.5) is 9.59 Å². The summed E-state index contributed by atoms with van der Waals surface area (Å²) in [4.78, 5) is 40.1. The van der Waals surface area contributed by atoms with Gasteiger partial charge in [0.1, 0.15) is 5.60 Å². The molecule has 8 heteroatoms. The Labute approximate surface area is 131 Å². The van der Waals surface area contributed by atoms with Gasteiger partial charge in [-0.2, -0.15) is 0 Å². The molecule has 0 saturated carbocycles. The lowest BCUT2D eigenvalue weighted by Gasteiger charge is -2.21. The number of carbonyl (C=O) groups is 3. The maximum absolute atomic E-state index is 12.6. The van der Waals surface area contributed by atoms with Crippen molar-refractivity contribution in [3.8, 4) is 0 Å². The van der Waals surface area contributed by atoms with Crippen LogP contribution in [-0.4, -0.2) is 33.2 Å². The van der Waals surface area contributed by atoms with Gasteiger partial charge in [0, 0.05) is 6.20 Å². The Kier molecular flexibility index (Phi) is 3.32. The third kappa shape index (κ3) is 2.75. The lowest BCUT2D eigenvalue weighted by atomic mass is 10.2. The van der Waals surface area contributed by atoms with Crippen LogP contribution in [-0.2, 0) is 9.53 Å². The molecule has 1 fully saturated rings. The van der Waals surface area contributed by atoms with Crippen molar-refractivity contribution in [3.05, 3.63) is 30.1 Å². The number of nitrogens with zero attached hydrogens (tertiary/aromatic N) is 2. The van der Waals surface area contributed by atoms with Gasteiger partial charge in [0.05, 0.1) is 16.7 Å². The molecule has 0 radical (unpaired) electrons. The maximum atomic E-state index is 12.6. The van der Waals surface area contributed by atoms with Gasteiger partial charge >= 0.3 is 12.1 Å². The number of nitrogens with one attached hydrogen (secondary N) is 2. The Morgan fingerprint density at radius 2 is 2.09 bits per heavy atom. The maximum Gasteiger partial charge on any atom is 0.419 e. The zero-order valence-electron chi connectivity index (χ0n) is 12.9. The van der Waals surface area contributed by atoms with Crippen LogP contribution in [0, 0.1) is 0 Å². The summed E-state index contributed by atoms with van der Waals surface area (Å²) in [6.07, 6.45) is 0.947. The minimum atomic E-state index is -0.968. The van der Waals surface area contributed by atoms with Gasteiger partial charge in [-0.1, -0.05) is 0 Å². The normalized spacial score (nSPS) is 18.0. The van der Waals surface area contributed by atoms with Crippen LogP contribution in [0.25, 0.3) is 11.0 Å². The van der Waals surface area contributed by atoms with Crippen molar-refractivity contribution in [3.63, 3.8) is 0 Å². The molecule has 3 amide bonds. The zero-order chi connectivity index (χ0) is 16.8. The first kappa shape index (κ1) is 15.0. The molecule has 23 heavy (non-hydrogen) atoms. The van der Waals surface area contributed by atoms with Crippen LogP contribution in [0.1, 0.15) is 32.5 Å². The second kappa shape index (κ2) is 5.08. The van der Waals surface area contributed by atoms with E-state index < -0.39 is 29.7 Å². The van der Waals surface area contributed by atoms with Gasteiger partial charge in [-0.05, 0) is 39.0 Å². The highest BCUT2D eigenvalue weighted by Gasteiger charge is 2.36. The summed E-state index contributed by atoms with van der Waals surface area (Å²) in [6, 6.07) is 3.40. The van der Waals surface area contributed by atoms with E-state index in [0.29, 0.717) is 16.7 Å². The molecular formula is C15H16N4O4. The quantitative estimate of drug-likeness (QED) is 0.780. The molecule has 1 atom stereocenters. The average molecular weight is 316 g/mol. The molecule has 3 rings (SSSR count). The highest BCUT2D eigenvalue weighted by atomic mass is 16.6. The van der Waals surface area contributed by atoms with Crippen molar-refractivity contribution in [2.75, 3.05) is 0 Å². The first-order chi connectivity index (χ1) is 10.8. The number of rotatable bonds is 1. The molecule has 8 nitrogen and oxygen atoms in total. The molecule has 0 unspecified atom stereocenters. The Hall–Kier alpha value is -2.90. The molecule has 3 heterocycles. The van der Waals surface area contributed by atoms with Gasteiger partial charge < -0.3 is 10.1 Å². The van der Waals surface area contributed by atoms with Gasteiger partial charge in [0.15, 0.2) is 6.04 Å². The van der Waals surface area contributed by atoms with Crippen molar-refractivity contribution in [1.29, 1.82) is 0 Å². The van der Waals surface area contributed by atoms with E-state index in [1.807, 2.05) is 0 Å². The van der Waals surface area contributed by atoms with Gasteiger partial charge in [-0.3, -0.25) is 15.1 Å². The molecule has 2 aromatic heterocycles. The molecule has 0 spiro atoms. The second-order valence-electron chi connectivity index (χ2n) is 6.19. The fourth-order valence-electron chi connectivity index (χ4n) is 2.40. The summed E-state index contributed by atoms with van der Waals surface area (Å²) < 4.78 is 6.67. The van der Waals surface area contributed by atoms with Crippen LogP contribution in [0.5, 0.6) is 0 Å². The van der Waals surface area contributed by atoms with Gasteiger partial charge in [-0.25, -0.2) is 14.2 Å². The fourth-order valence-corrected chi connectivity index (χ4v) is 2.40. The van der Waals surface area contributed by atoms with Crippen molar-refractivity contribution in [2.24, 2.45) is 0 Å². The molecule has 2 aromatic rings. The SMILES string of the molecule is CC(C)(C)OC(=O)n1c([C@@H]2NC(=O)NC2=O)cc2ncccc21. The first-order valence-electron chi connectivity index (χ1n) is 7.07. The number of hydrogen-bond acceptors (Lipinski definition) is 5. The number of carbonyl (C=O) groups excluding carboxylic acids is 3. The first-order valence-corrected chi connectivity index (χ1v) is 7.07. The number of pyridine rings is 1. The number of amides is 3. The molecule has 1 saturated heterocycles. The molecule has 120 valence electrons. The fraction of sp³-hybridized carbons (Fsp3) is 0.333. The number of imide groups is 1. The summed E-state index contributed by atoms with van der Waals surface area (Å²) in [5, 5.41) is 4.63. The highest BCUT2D eigenvalue weighted by Crippen LogP contribution is 2.26. The zero-order valence-corrected chi connectivity index (χ0v) is 12.9. The summed E-state index contributed by atoms with van der Waals surface area (Å²) >= 11 is 0. The predicted molar refractivity (Wildman–Crippen MR) is 80.8 cm³/mol. The number of aromatic nitrogens is 2. The van der Waals surface area contributed by atoms with Crippen LogP contribution < -0.4 is 10.6 Å². The topological polar surface area (TPSA) is 102 Å². The largest absolute Gasteiger partial charge is 0.443 e. The van der Waals surface area contributed by atoms with E-state index in [1.165, 1.54) is 4.57 Å².